The van der Waals surface area contributed by atoms with E-state index in [4.69, 9.17) is 4.74 Å². The first-order valence-corrected chi connectivity index (χ1v) is 6.77. The van der Waals surface area contributed by atoms with Gasteiger partial charge in [0.2, 0.25) is 0 Å². The summed E-state index contributed by atoms with van der Waals surface area (Å²) >= 11 is 0. The molecule has 102 valence electrons. The molecular weight excluding hydrogens is 224 g/mol. The van der Waals surface area contributed by atoms with Gasteiger partial charge < -0.3 is 15.4 Å². The Bertz CT molecular complexity index is 326. The molecule has 0 amide bonds. The lowest BCUT2D eigenvalue weighted by Crippen LogP contribution is -2.24. The Kier molecular flexibility index (Phi) is 7.46. The first-order valence-electron chi connectivity index (χ1n) is 6.77. The van der Waals surface area contributed by atoms with Crippen molar-refractivity contribution in [3.05, 3.63) is 29.8 Å². The fourth-order valence-corrected chi connectivity index (χ4v) is 1.80. The van der Waals surface area contributed by atoms with E-state index in [1.807, 2.05) is 18.2 Å². The molecule has 0 bridgehead atoms. The predicted molar refractivity (Wildman–Crippen MR) is 77.0 cm³/mol. The maximum absolute atomic E-state index is 5.31. The zero-order valence-electron chi connectivity index (χ0n) is 11.8. The highest BCUT2D eigenvalue weighted by Crippen LogP contribution is 2.16. The quantitative estimate of drug-likeness (QED) is 0.660. The largest absolute Gasteiger partial charge is 0.496 e. The monoisotopic (exact) mass is 250 g/mol. The Morgan fingerprint density at radius 3 is 2.56 bits per heavy atom. The molecule has 0 radical (unpaired) electrons. The normalized spacial score (nSPS) is 10.9. The predicted octanol–water partition coefficient (Wildman–Crippen LogP) is 2.42. The Hall–Kier alpha value is -1.06. The number of nitrogens with one attached hydrogen (secondary N) is 2. The maximum atomic E-state index is 5.31. The fourth-order valence-electron chi connectivity index (χ4n) is 1.80. The molecule has 1 rings (SSSR count). The highest BCUT2D eigenvalue weighted by atomic mass is 16.5. The summed E-state index contributed by atoms with van der Waals surface area (Å²) in [6.45, 7) is 8.54. The van der Waals surface area contributed by atoms with Crippen LogP contribution in [-0.2, 0) is 6.54 Å². The van der Waals surface area contributed by atoms with Gasteiger partial charge in [0.15, 0.2) is 0 Å². The van der Waals surface area contributed by atoms with Crippen LogP contribution in [0.25, 0.3) is 0 Å². The van der Waals surface area contributed by atoms with Crippen LogP contribution in [0.3, 0.4) is 0 Å². The second-order valence-electron chi connectivity index (χ2n) is 4.94. The van der Waals surface area contributed by atoms with Gasteiger partial charge in [0, 0.05) is 12.1 Å². The van der Waals surface area contributed by atoms with Crippen molar-refractivity contribution in [2.75, 3.05) is 26.7 Å². The zero-order chi connectivity index (χ0) is 13.2. The number of benzene rings is 1. The molecule has 18 heavy (non-hydrogen) atoms. The minimum Gasteiger partial charge on any atom is -0.496 e. The number of rotatable bonds is 9. The van der Waals surface area contributed by atoms with E-state index in [0.29, 0.717) is 0 Å². The van der Waals surface area contributed by atoms with Gasteiger partial charge in [-0.1, -0.05) is 32.0 Å². The van der Waals surface area contributed by atoms with E-state index < -0.39 is 0 Å². The lowest BCUT2D eigenvalue weighted by molar-refractivity contribution is 0.407. The molecule has 2 N–H and O–H groups in total. The molecule has 0 atom stereocenters. The minimum atomic E-state index is 0.728. The highest BCUT2D eigenvalue weighted by molar-refractivity contribution is 5.32. The summed E-state index contributed by atoms with van der Waals surface area (Å²) in [6.07, 6.45) is 1.15. The lowest BCUT2D eigenvalue weighted by atomic mass is 10.2. The van der Waals surface area contributed by atoms with Crippen LogP contribution in [0, 0.1) is 5.92 Å². The van der Waals surface area contributed by atoms with Gasteiger partial charge in [-0.25, -0.2) is 0 Å². The first kappa shape index (κ1) is 15.0. The maximum Gasteiger partial charge on any atom is 0.123 e. The molecule has 0 aliphatic heterocycles. The SMILES string of the molecule is COc1ccccc1CNCCCNCC(C)C. The standard InChI is InChI=1S/C15H26N2O/c1-13(2)11-16-9-6-10-17-12-14-7-4-5-8-15(14)18-3/h4-5,7-8,13,16-17H,6,9-12H2,1-3H3. The van der Waals surface area contributed by atoms with Gasteiger partial charge in [-0.15, -0.1) is 0 Å². The van der Waals surface area contributed by atoms with E-state index >= 15 is 0 Å². The van der Waals surface area contributed by atoms with Gasteiger partial charge in [0.1, 0.15) is 5.75 Å². The summed E-state index contributed by atoms with van der Waals surface area (Å²) in [5, 5.41) is 6.89. The third-order valence-electron chi connectivity index (χ3n) is 2.77. The van der Waals surface area contributed by atoms with Crippen molar-refractivity contribution < 1.29 is 4.74 Å². The molecule has 0 fully saturated rings. The lowest BCUT2D eigenvalue weighted by Gasteiger charge is -2.10. The number of para-hydroxylation sites is 1. The van der Waals surface area contributed by atoms with Crippen molar-refractivity contribution in [1.29, 1.82) is 0 Å². The third kappa shape index (κ3) is 6.03. The highest BCUT2D eigenvalue weighted by Gasteiger charge is 2.00. The zero-order valence-corrected chi connectivity index (χ0v) is 11.8. The molecule has 3 heteroatoms. The summed E-state index contributed by atoms with van der Waals surface area (Å²) in [5.74, 6) is 1.69. The first-order chi connectivity index (χ1) is 8.74. The molecule has 1 aromatic carbocycles. The van der Waals surface area contributed by atoms with Gasteiger partial charge in [-0.3, -0.25) is 0 Å². The summed E-state index contributed by atoms with van der Waals surface area (Å²) in [5.41, 5.74) is 1.22. The minimum absolute atomic E-state index is 0.728. The van der Waals surface area contributed by atoms with Crippen LogP contribution in [-0.4, -0.2) is 26.7 Å². The van der Waals surface area contributed by atoms with E-state index in [0.717, 1.165) is 44.3 Å². The van der Waals surface area contributed by atoms with Crippen molar-refractivity contribution >= 4 is 0 Å². The van der Waals surface area contributed by atoms with Crippen molar-refractivity contribution in [2.24, 2.45) is 5.92 Å². The Labute approximate surface area is 111 Å². The Morgan fingerprint density at radius 2 is 1.83 bits per heavy atom. The van der Waals surface area contributed by atoms with Crippen LogP contribution < -0.4 is 15.4 Å². The van der Waals surface area contributed by atoms with Gasteiger partial charge in [-0.05, 0) is 38.0 Å². The molecule has 0 aliphatic rings. The van der Waals surface area contributed by atoms with Crippen LogP contribution in [0.5, 0.6) is 5.75 Å². The number of hydrogen-bond acceptors (Lipinski definition) is 3. The van der Waals surface area contributed by atoms with Crippen LogP contribution in [0.1, 0.15) is 25.8 Å². The third-order valence-corrected chi connectivity index (χ3v) is 2.77. The second kappa shape index (κ2) is 8.95. The van der Waals surface area contributed by atoms with Crippen molar-refractivity contribution in [3.63, 3.8) is 0 Å². The second-order valence-corrected chi connectivity index (χ2v) is 4.94. The molecule has 0 saturated carbocycles. The molecule has 1 aromatic rings. The topological polar surface area (TPSA) is 33.3 Å². The van der Waals surface area contributed by atoms with Gasteiger partial charge in [-0.2, -0.15) is 0 Å². The van der Waals surface area contributed by atoms with Crippen LogP contribution in [0.15, 0.2) is 24.3 Å². The summed E-state index contributed by atoms with van der Waals surface area (Å²) in [7, 11) is 1.72. The molecule has 0 aliphatic carbocycles. The Morgan fingerprint density at radius 1 is 1.11 bits per heavy atom. The van der Waals surface area contributed by atoms with E-state index in [2.05, 4.69) is 30.5 Å². The van der Waals surface area contributed by atoms with Crippen molar-refractivity contribution in [3.8, 4) is 5.75 Å². The molecule has 0 aromatic heterocycles. The van der Waals surface area contributed by atoms with Crippen LogP contribution >= 0.6 is 0 Å². The van der Waals surface area contributed by atoms with E-state index in [1.165, 1.54) is 5.56 Å². The number of methoxy groups -OCH3 is 1. The molecule has 0 heterocycles. The van der Waals surface area contributed by atoms with E-state index in [1.54, 1.807) is 7.11 Å². The molecular formula is C15H26N2O. The molecule has 3 nitrogen and oxygen atoms in total. The van der Waals surface area contributed by atoms with Gasteiger partial charge in [0.05, 0.1) is 7.11 Å². The van der Waals surface area contributed by atoms with E-state index in [9.17, 15) is 0 Å². The molecule has 0 unspecified atom stereocenters. The summed E-state index contributed by atoms with van der Waals surface area (Å²) in [6, 6.07) is 8.14. The smallest absolute Gasteiger partial charge is 0.123 e. The average molecular weight is 250 g/mol. The van der Waals surface area contributed by atoms with Crippen molar-refractivity contribution in [1.82, 2.24) is 10.6 Å². The summed E-state index contributed by atoms with van der Waals surface area (Å²) in [4.78, 5) is 0. The molecule has 0 saturated heterocycles. The Balaban J connectivity index is 2.10. The number of ether oxygens (including phenoxy) is 1. The van der Waals surface area contributed by atoms with E-state index in [-0.39, 0.29) is 0 Å². The fraction of sp³-hybridized carbons (Fsp3) is 0.600. The molecule has 0 spiro atoms. The average Bonchev–Trinajstić information content (AvgIpc) is 2.37. The number of hydrogen-bond donors (Lipinski definition) is 2. The summed E-state index contributed by atoms with van der Waals surface area (Å²) < 4.78 is 5.31. The van der Waals surface area contributed by atoms with Crippen LogP contribution in [0.4, 0.5) is 0 Å². The van der Waals surface area contributed by atoms with Gasteiger partial charge in [0.25, 0.3) is 0 Å². The van der Waals surface area contributed by atoms with Crippen LogP contribution in [0.2, 0.25) is 0 Å². The van der Waals surface area contributed by atoms with Gasteiger partial charge >= 0.3 is 0 Å². The van der Waals surface area contributed by atoms with Crippen molar-refractivity contribution in [2.45, 2.75) is 26.8 Å².